The second-order valence-electron chi connectivity index (χ2n) is 6.54. The van der Waals surface area contributed by atoms with Crippen LogP contribution in [-0.4, -0.2) is 25.9 Å². The van der Waals surface area contributed by atoms with Gasteiger partial charge in [-0.1, -0.05) is 60.7 Å². The Morgan fingerprint density at radius 3 is 2.31 bits per heavy atom. The van der Waals surface area contributed by atoms with Crippen molar-refractivity contribution in [3.8, 4) is 11.5 Å². The molecule has 0 heterocycles. The summed E-state index contributed by atoms with van der Waals surface area (Å²) in [6, 6.07) is 24.5. The van der Waals surface area contributed by atoms with Gasteiger partial charge in [0.1, 0.15) is 6.29 Å². The number of carbonyl (C=O) groups excluding carboxylic acids is 2. The first-order valence-corrected chi connectivity index (χ1v) is 9.34. The summed E-state index contributed by atoms with van der Waals surface area (Å²) in [5.74, 6) is 0.579. The lowest BCUT2D eigenvalue weighted by atomic mass is 9.99. The molecule has 5 heteroatoms. The minimum atomic E-state index is -0.240. The van der Waals surface area contributed by atoms with Gasteiger partial charge in [0.2, 0.25) is 0 Å². The van der Waals surface area contributed by atoms with Crippen LogP contribution in [0.1, 0.15) is 27.5 Å². The smallest absolute Gasteiger partial charge is 0.258 e. The highest BCUT2D eigenvalue weighted by Crippen LogP contribution is 2.27. The number of amides is 1. The van der Waals surface area contributed by atoms with Crippen LogP contribution in [0.5, 0.6) is 11.5 Å². The number of methoxy groups -OCH3 is 1. The highest BCUT2D eigenvalue weighted by atomic mass is 16.5. The van der Waals surface area contributed by atoms with Crippen LogP contribution in [0, 0.1) is 0 Å². The van der Waals surface area contributed by atoms with Crippen LogP contribution in [0.2, 0.25) is 0 Å². The second kappa shape index (κ2) is 10.1. The van der Waals surface area contributed by atoms with Crippen LogP contribution in [0.25, 0.3) is 0 Å². The maximum absolute atomic E-state index is 12.6. The molecule has 0 radical (unpaired) electrons. The molecular weight excluding hydrogens is 366 g/mol. The van der Waals surface area contributed by atoms with Crippen LogP contribution in [0.3, 0.4) is 0 Å². The first-order chi connectivity index (χ1) is 14.2. The Morgan fingerprint density at radius 1 is 0.966 bits per heavy atom. The average molecular weight is 389 g/mol. The largest absolute Gasteiger partial charge is 0.493 e. The predicted molar refractivity (Wildman–Crippen MR) is 111 cm³/mol. The second-order valence-corrected chi connectivity index (χ2v) is 6.54. The van der Waals surface area contributed by atoms with E-state index < -0.39 is 0 Å². The number of rotatable bonds is 9. The fourth-order valence-electron chi connectivity index (χ4n) is 3.04. The lowest BCUT2D eigenvalue weighted by Crippen LogP contribution is -2.33. The molecule has 3 rings (SSSR count). The topological polar surface area (TPSA) is 64.6 Å². The van der Waals surface area contributed by atoms with Crippen molar-refractivity contribution in [2.45, 2.75) is 12.5 Å². The van der Waals surface area contributed by atoms with Gasteiger partial charge >= 0.3 is 0 Å². The number of hydrogen-bond donors (Lipinski definition) is 1. The molecule has 148 valence electrons. The predicted octanol–water partition coefficient (Wildman–Crippen LogP) is 3.99. The van der Waals surface area contributed by atoms with Gasteiger partial charge in [-0.05, 0) is 35.7 Å². The number of benzene rings is 3. The SMILES string of the molecule is COc1cc(C=O)ccc1OCC(=O)NC(Cc1ccccc1)c1ccccc1. The van der Waals surface area contributed by atoms with Crippen LogP contribution in [0.4, 0.5) is 0 Å². The van der Waals surface area contributed by atoms with Gasteiger partial charge in [-0.3, -0.25) is 9.59 Å². The summed E-state index contributed by atoms with van der Waals surface area (Å²) in [6.45, 7) is -0.158. The molecule has 0 saturated heterocycles. The Morgan fingerprint density at radius 2 is 1.66 bits per heavy atom. The average Bonchev–Trinajstić information content (AvgIpc) is 2.78. The zero-order valence-corrected chi connectivity index (χ0v) is 16.2. The van der Waals surface area contributed by atoms with Crippen molar-refractivity contribution in [2.75, 3.05) is 13.7 Å². The zero-order valence-electron chi connectivity index (χ0n) is 16.2. The Labute approximate surface area is 170 Å². The molecule has 1 unspecified atom stereocenters. The molecular formula is C24H23NO4. The van der Waals surface area contributed by atoms with Crippen molar-refractivity contribution in [1.29, 1.82) is 0 Å². The van der Waals surface area contributed by atoms with Gasteiger partial charge in [-0.2, -0.15) is 0 Å². The molecule has 0 aromatic heterocycles. The molecule has 0 bridgehead atoms. The summed E-state index contributed by atoms with van der Waals surface area (Å²) in [4.78, 5) is 23.5. The van der Waals surface area contributed by atoms with Gasteiger partial charge in [0.05, 0.1) is 13.2 Å². The van der Waals surface area contributed by atoms with E-state index in [-0.39, 0.29) is 18.6 Å². The van der Waals surface area contributed by atoms with Gasteiger partial charge in [0.25, 0.3) is 5.91 Å². The molecule has 1 amide bonds. The lowest BCUT2D eigenvalue weighted by Gasteiger charge is -2.20. The number of ether oxygens (including phenoxy) is 2. The third-order valence-electron chi connectivity index (χ3n) is 4.50. The summed E-state index contributed by atoms with van der Waals surface area (Å²) in [5, 5.41) is 3.05. The lowest BCUT2D eigenvalue weighted by molar-refractivity contribution is -0.123. The maximum Gasteiger partial charge on any atom is 0.258 e. The van der Waals surface area contributed by atoms with Gasteiger partial charge in [-0.15, -0.1) is 0 Å². The molecule has 0 fully saturated rings. The number of aldehydes is 1. The fraction of sp³-hybridized carbons (Fsp3) is 0.167. The fourth-order valence-corrected chi connectivity index (χ4v) is 3.04. The third kappa shape index (κ3) is 5.69. The van der Waals surface area contributed by atoms with E-state index >= 15 is 0 Å². The summed E-state index contributed by atoms with van der Waals surface area (Å²) >= 11 is 0. The van der Waals surface area contributed by atoms with E-state index in [4.69, 9.17) is 9.47 Å². The maximum atomic E-state index is 12.6. The van der Waals surface area contributed by atoms with Crippen molar-refractivity contribution >= 4 is 12.2 Å². The van der Waals surface area contributed by atoms with Crippen molar-refractivity contribution < 1.29 is 19.1 Å². The van der Waals surface area contributed by atoms with Crippen LogP contribution in [-0.2, 0) is 11.2 Å². The Balaban J connectivity index is 1.68. The van der Waals surface area contributed by atoms with E-state index in [1.165, 1.54) is 7.11 Å². The van der Waals surface area contributed by atoms with Gasteiger partial charge in [0.15, 0.2) is 18.1 Å². The van der Waals surface area contributed by atoms with Crippen LogP contribution in [0.15, 0.2) is 78.9 Å². The monoisotopic (exact) mass is 389 g/mol. The van der Waals surface area contributed by atoms with Crippen molar-refractivity contribution in [3.05, 3.63) is 95.6 Å². The molecule has 29 heavy (non-hydrogen) atoms. The Kier molecular flexibility index (Phi) is 7.00. The summed E-state index contributed by atoms with van der Waals surface area (Å²) in [5.41, 5.74) is 2.64. The van der Waals surface area contributed by atoms with Crippen molar-refractivity contribution in [1.82, 2.24) is 5.32 Å². The van der Waals surface area contributed by atoms with Gasteiger partial charge in [0, 0.05) is 5.56 Å². The quantitative estimate of drug-likeness (QED) is 0.562. The first-order valence-electron chi connectivity index (χ1n) is 9.34. The molecule has 0 aliphatic heterocycles. The van der Waals surface area contributed by atoms with Crippen molar-refractivity contribution in [3.63, 3.8) is 0 Å². The summed E-state index contributed by atoms with van der Waals surface area (Å²) in [6.07, 6.45) is 1.40. The summed E-state index contributed by atoms with van der Waals surface area (Å²) < 4.78 is 10.9. The minimum absolute atomic E-state index is 0.158. The highest BCUT2D eigenvalue weighted by molar-refractivity contribution is 5.79. The highest BCUT2D eigenvalue weighted by Gasteiger charge is 2.16. The molecule has 0 saturated carbocycles. The van der Waals surface area contributed by atoms with Crippen LogP contribution < -0.4 is 14.8 Å². The Hall–Kier alpha value is -3.60. The molecule has 5 nitrogen and oxygen atoms in total. The van der Waals surface area contributed by atoms with E-state index in [2.05, 4.69) is 5.32 Å². The van der Waals surface area contributed by atoms with E-state index in [0.717, 1.165) is 17.4 Å². The molecule has 3 aromatic rings. The molecule has 3 aromatic carbocycles. The molecule has 0 aliphatic carbocycles. The van der Waals surface area contributed by atoms with Gasteiger partial charge in [-0.25, -0.2) is 0 Å². The molecule has 1 atom stereocenters. The number of carbonyl (C=O) groups is 2. The van der Waals surface area contributed by atoms with E-state index in [0.29, 0.717) is 23.5 Å². The number of nitrogens with one attached hydrogen (secondary N) is 1. The standard InChI is InChI=1S/C24H23NO4/c1-28-23-15-19(16-26)12-13-22(23)29-17-24(27)25-21(20-10-6-3-7-11-20)14-18-8-4-2-5-9-18/h2-13,15-16,21H,14,17H2,1H3,(H,25,27). The number of hydrogen-bond acceptors (Lipinski definition) is 4. The normalized spacial score (nSPS) is 11.3. The van der Waals surface area contributed by atoms with Crippen molar-refractivity contribution in [2.24, 2.45) is 0 Å². The van der Waals surface area contributed by atoms with Crippen LogP contribution >= 0.6 is 0 Å². The van der Waals surface area contributed by atoms with E-state index in [1.54, 1.807) is 18.2 Å². The van der Waals surface area contributed by atoms with Gasteiger partial charge < -0.3 is 14.8 Å². The summed E-state index contributed by atoms with van der Waals surface area (Å²) in [7, 11) is 1.49. The first kappa shape index (κ1) is 20.1. The van der Waals surface area contributed by atoms with E-state index in [9.17, 15) is 9.59 Å². The molecule has 0 aliphatic rings. The zero-order chi connectivity index (χ0) is 20.5. The van der Waals surface area contributed by atoms with E-state index in [1.807, 2.05) is 60.7 Å². The third-order valence-corrected chi connectivity index (χ3v) is 4.50. The Bertz CT molecular complexity index is 942. The molecule has 0 spiro atoms. The molecule has 1 N–H and O–H groups in total. The minimum Gasteiger partial charge on any atom is -0.493 e.